The molecule has 3 unspecified atom stereocenters. The SMILES string of the molecule is CCOC1CC(N=C(N)N(C)C2CC2)C1n1cccn1. The van der Waals surface area contributed by atoms with E-state index in [1.807, 2.05) is 30.9 Å². The molecule has 20 heavy (non-hydrogen) atoms. The molecule has 110 valence electrons. The summed E-state index contributed by atoms with van der Waals surface area (Å²) in [5, 5.41) is 4.33. The number of hydrogen-bond acceptors (Lipinski definition) is 3. The van der Waals surface area contributed by atoms with E-state index in [0.717, 1.165) is 13.0 Å². The Morgan fingerprint density at radius 3 is 2.95 bits per heavy atom. The molecule has 0 spiro atoms. The first-order valence-electron chi connectivity index (χ1n) is 7.37. The van der Waals surface area contributed by atoms with E-state index in [1.165, 1.54) is 12.8 Å². The maximum Gasteiger partial charge on any atom is 0.191 e. The lowest BCUT2D eigenvalue weighted by atomic mass is 9.83. The van der Waals surface area contributed by atoms with E-state index < -0.39 is 0 Å². The molecule has 3 atom stereocenters. The zero-order chi connectivity index (χ0) is 14.1. The highest BCUT2D eigenvalue weighted by molar-refractivity contribution is 5.78. The number of hydrogen-bond donors (Lipinski definition) is 1. The lowest BCUT2D eigenvalue weighted by molar-refractivity contribution is -0.0507. The molecular weight excluding hydrogens is 254 g/mol. The molecule has 0 aliphatic heterocycles. The normalized spacial score (nSPS) is 30.1. The van der Waals surface area contributed by atoms with Gasteiger partial charge in [0.25, 0.3) is 0 Å². The van der Waals surface area contributed by atoms with Crippen molar-refractivity contribution in [3.05, 3.63) is 18.5 Å². The molecule has 2 aliphatic carbocycles. The average Bonchev–Trinajstić information content (AvgIpc) is 3.15. The van der Waals surface area contributed by atoms with Gasteiger partial charge >= 0.3 is 0 Å². The third kappa shape index (κ3) is 2.52. The predicted octanol–water partition coefficient (Wildman–Crippen LogP) is 1.01. The molecule has 0 amide bonds. The lowest BCUT2D eigenvalue weighted by Gasteiger charge is -2.42. The van der Waals surface area contributed by atoms with E-state index in [2.05, 4.69) is 10.00 Å². The number of aliphatic imine (C=N–C) groups is 1. The van der Waals surface area contributed by atoms with E-state index in [4.69, 9.17) is 15.5 Å². The average molecular weight is 277 g/mol. The van der Waals surface area contributed by atoms with Gasteiger partial charge in [0.1, 0.15) is 6.04 Å². The minimum atomic E-state index is 0.160. The van der Waals surface area contributed by atoms with Crippen LogP contribution in [0.15, 0.2) is 23.5 Å². The van der Waals surface area contributed by atoms with Crippen LogP contribution < -0.4 is 5.73 Å². The minimum absolute atomic E-state index is 0.160. The van der Waals surface area contributed by atoms with Crippen LogP contribution in [0.25, 0.3) is 0 Å². The monoisotopic (exact) mass is 277 g/mol. The molecule has 0 radical (unpaired) electrons. The van der Waals surface area contributed by atoms with Gasteiger partial charge in [-0.15, -0.1) is 0 Å². The second kappa shape index (κ2) is 5.44. The van der Waals surface area contributed by atoms with Crippen molar-refractivity contribution in [1.29, 1.82) is 0 Å². The van der Waals surface area contributed by atoms with Crippen LogP contribution in [0.5, 0.6) is 0 Å². The number of rotatable bonds is 5. The molecule has 0 bridgehead atoms. The van der Waals surface area contributed by atoms with E-state index in [0.29, 0.717) is 12.0 Å². The van der Waals surface area contributed by atoms with Crippen molar-refractivity contribution in [2.45, 2.75) is 50.4 Å². The predicted molar refractivity (Wildman–Crippen MR) is 77.5 cm³/mol. The first-order chi connectivity index (χ1) is 9.70. The number of aromatic nitrogens is 2. The van der Waals surface area contributed by atoms with Crippen LogP contribution in [-0.2, 0) is 4.74 Å². The molecule has 6 nitrogen and oxygen atoms in total. The number of nitrogens with two attached hydrogens (primary N) is 1. The van der Waals surface area contributed by atoms with Crippen LogP contribution in [0.4, 0.5) is 0 Å². The summed E-state index contributed by atoms with van der Waals surface area (Å²) in [6.45, 7) is 2.74. The topological polar surface area (TPSA) is 68.7 Å². The van der Waals surface area contributed by atoms with Gasteiger partial charge in [-0.1, -0.05) is 0 Å². The summed E-state index contributed by atoms with van der Waals surface area (Å²) < 4.78 is 7.71. The van der Waals surface area contributed by atoms with Crippen molar-refractivity contribution in [3.63, 3.8) is 0 Å². The smallest absolute Gasteiger partial charge is 0.191 e. The van der Waals surface area contributed by atoms with Crippen molar-refractivity contribution in [2.24, 2.45) is 10.7 Å². The Morgan fingerprint density at radius 2 is 2.35 bits per heavy atom. The van der Waals surface area contributed by atoms with Crippen molar-refractivity contribution < 1.29 is 4.74 Å². The van der Waals surface area contributed by atoms with E-state index >= 15 is 0 Å². The van der Waals surface area contributed by atoms with Crippen LogP contribution in [0.3, 0.4) is 0 Å². The zero-order valence-electron chi connectivity index (χ0n) is 12.1. The Bertz CT molecular complexity index is 468. The lowest BCUT2D eigenvalue weighted by Crippen LogP contribution is -2.49. The maximum absolute atomic E-state index is 6.11. The Kier molecular flexibility index (Phi) is 3.65. The second-order valence-corrected chi connectivity index (χ2v) is 5.60. The van der Waals surface area contributed by atoms with Gasteiger partial charge in [-0.05, 0) is 25.8 Å². The van der Waals surface area contributed by atoms with Crippen LogP contribution in [0.2, 0.25) is 0 Å². The standard InChI is InChI=1S/C14H23N5O/c1-3-20-12-9-11(13(12)19-8-4-7-16-19)17-14(15)18(2)10-5-6-10/h4,7-8,10-13H,3,5-6,9H2,1-2H3,(H2,15,17). The Labute approximate surface area is 119 Å². The molecule has 1 heterocycles. The fourth-order valence-corrected chi connectivity index (χ4v) is 2.79. The highest BCUT2D eigenvalue weighted by atomic mass is 16.5. The fraction of sp³-hybridized carbons (Fsp3) is 0.714. The van der Waals surface area contributed by atoms with Gasteiger partial charge in [-0.25, -0.2) is 4.99 Å². The van der Waals surface area contributed by atoms with Crippen molar-refractivity contribution >= 4 is 5.96 Å². The third-order valence-corrected chi connectivity index (χ3v) is 4.21. The van der Waals surface area contributed by atoms with Gasteiger partial charge in [0.15, 0.2) is 5.96 Å². The number of guanidine groups is 1. The van der Waals surface area contributed by atoms with E-state index in [9.17, 15) is 0 Å². The molecule has 2 aliphatic rings. The molecule has 0 saturated heterocycles. The van der Waals surface area contributed by atoms with Crippen LogP contribution >= 0.6 is 0 Å². The second-order valence-electron chi connectivity index (χ2n) is 5.60. The van der Waals surface area contributed by atoms with Crippen LogP contribution in [0.1, 0.15) is 32.2 Å². The highest BCUT2D eigenvalue weighted by Gasteiger charge is 2.44. The summed E-state index contributed by atoms with van der Waals surface area (Å²) in [6, 6.07) is 2.84. The molecule has 1 aromatic heterocycles. The third-order valence-electron chi connectivity index (χ3n) is 4.21. The maximum atomic E-state index is 6.11. The molecule has 2 saturated carbocycles. The van der Waals surface area contributed by atoms with Gasteiger partial charge < -0.3 is 15.4 Å². The molecule has 2 fully saturated rings. The fourth-order valence-electron chi connectivity index (χ4n) is 2.79. The minimum Gasteiger partial charge on any atom is -0.376 e. The molecular formula is C14H23N5O. The molecule has 0 aromatic carbocycles. The van der Waals surface area contributed by atoms with Gasteiger partial charge in [0, 0.05) is 38.5 Å². The van der Waals surface area contributed by atoms with Crippen molar-refractivity contribution in [2.75, 3.05) is 13.7 Å². The van der Waals surface area contributed by atoms with Gasteiger partial charge in [-0.3, -0.25) is 4.68 Å². The van der Waals surface area contributed by atoms with E-state index in [-0.39, 0.29) is 18.2 Å². The number of nitrogens with zero attached hydrogens (tertiary/aromatic N) is 4. The zero-order valence-corrected chi connectivity index (χ0v) is 12.1. The molecule has 1 aromatic rings. The Balaban J connectivity index is 1.71. The highest BCUT2D eigenvalue weighted by Crippen LogP contribution is 2.37. The Morgan fingerprint density at radius 1 is 1.55 bits per heavy atom. The van der Waals surface area contributed by atoms with Crippen molar-refractivity contribution in [3.8, 4) is 0 Å². The van der Waals surface area contributed by atoms with Gasteiger partial charge in [0.2, 0.25) is 0 Å². The first-order valence-corrected chi connectivity index (χ1v) is 7.37. The molecule has 3 rings (SSSR count). The van der Waals surface area contributed by atoms with Crippen molar-refractivity contribution in [1.82, 2.24) is 14.7 Å². The summed E-state index contributed by atoms with van der Waals surface area (Å²) in [4.78, 5) is 6.78. The number of ether oxygens (including phenoxy) is 1. The van der Waals surface area contributed by atoms with Crippen LogP contribution in [-0.4, -0.2) is 52.5 Å². The summed E-state index contributed by atoms with van der Waals surface area (Å²) in [5.74, 6) is 0.643. The molecule has 2 N–H and O–H groups in total. The summed E-state index contributed by atoms with van der Waals surface area (Å²) in [7, 11) is 2.03. The largest absolute Gasteiger partial charge is 0.376 e. The summed E-state index contributed by atoms with van der Waals surface area (Å²) >= 11 is 0. The summed E-state index contributed by atoms with van der Waals surface area (Å²) in [6.07, 6.45) is 7.31. The first kappa shape index (κ1) is 13.4. The molecule has 6 heteroatoms. The van der Waals surface area contributed by atoms with E-state index in [1.54, 1.807) is 6.20 Å². The van der Waals surface area contributed by atoms with Gasteiger partial charge in [-0.2, -0.15) is 5.10 Å². The Hall–Kier alpha value is -1.56. The summed E-state index contributed by atoms with van der Waals surface area (Å²) in [5.41, 5.74) is 6.11. The van der Waals surface area contributed by atoms with Gasteiger partial charge in [0.05, 0.1) is 12.1 Å². The van der Waals surface area contributed by atoms with Crippen LogP contribution in [0, 0.1) is 0 Å². The quantitative estimate of drug-likeness (QED) is 0.644.